The summed E-state index contributed by atoms with van der Waals surface area (Å²) in [5.41, 5.74) is 0.473. The van der Waals surface area contributed by atoms with Gasteiger partial charge in [0.15, 0.2) is 5.66 Å². The second-order valence-electron chi connectivity index (χ2n) is 5.64. The van der Waals surface area contributed by atoms with Gasteiger partial charge in [-0.3, -0.25) is 9.78 Å². The number of fused-ring (bicyclic) bond motifs is 1. The van der Waals surface area contributed by atoms with E-state index in [4.69, 9.17) is 6.42 Å². The van der Waals surface area contributed by atoms with E-state index in [9.17, 15) is 4.79 Å². The first-order valence-electron chi connectivity index (χ1n) is 7.69. The Labute approximate surface area is 135 Å². The highest BCUT2D eigenvalue weighted by molar-refractivity contribution is 5.84. The Hall–Kier alpha value is -2.74. The fourth-order valence-electron chi connectivity index (χ4n) is 2.58. The molecule has 1 aromatic heterocycles. The minimum absolute atomic E-state index is 0.0166. The van der Waals surface area contributed by atoms with E-state index in [0.29, 0.717) is 25.8 Å². The molecular weight excluding hydrogens is 288 g/mol. The number of rotatable bonds is 7. The van der Waals surface area contributed by atoms with Crippen molar-refractivity contribution in [3.05, 3.63) is 42.2 Å². The molecule has 0 bridgehead atoms. The number of carbonyl (C=O) groups is 1. The summed E-state index contributed by atoms with van der Waals surface area (Å²) in [6, 6.07) is 9.98. The summed E-state index contributed by atoms with van der Waals surface area (Å²) in [6.45, 7) is 0.422. The zero-order valence-electron chi connectivity index (χ0n) is 12.8. The summed E-state index contributed by atoms with van der Waals surface area (Å²) in [4.78, 5) is 16.4. The summed E-state index contributed by atoms with van der Waals surface area (Å²) in [5.74, 6) is 2.57. The Balaban J connectivity index is 1.52. The first kappa shape index (κ1) is 15.2. The molecule has 1 aliphatic heterocycles. The summed E-state index contributed by atoms with van der Waals surface area (Å²) < 4.78 is 0. The van der Waals surface area contributed by atoms with Crippen molar-refractivity contribution in [2.24, 2.45) is 10.2 Å². The van der Waals surface area contributed by atoms with Gasteiger partial charge in [-0.2, -0.15) is 10.2 Å². The van der Waals surface area contributed by atoms with Gasteiger partial charge in [-0.15, -0.1) is 12.3 Å². The van der Waals surface area contributed by atoms with Gasteiger partial charge in [0.2, 0.25) is 5.91 Å². The Kier molecular flexibility index (Phi) is 4.33. The SMILES string of the molecule is C#CCCC1(CCC(=O)NCc2nccc3ccccc23)N=N1. The third-order valence-corrected chi connectivity index (χ3v) is 4.01. The summed E-state index contributed by atoms with van der Waals surface area (Å²) in [7, 11) is 0. The van der Waals surface area contributed by atoms with Crippen molar-refractivity contribution in [3.8, 4) is 12.3 Å². The molecule has 0 atom stereocenters. The molecule has 0 aliphatic carbocycles. The van der Waals surface area contributed by atoms with Crippen molar-refractivity contribution in [2.45, 2.75) is 37.9 Å². The standard InChI is InChI=1S/C18H18N4O/c1-2-3-10-18(21-22-18)11-8-17(23)20-13-16-15-7-5-4-6-14(15)9-12-19-16/h1,4-7,9,12H,3,8,10-11,13H2,(H,20,23). The molecule has 5 heteroatoms. The van der Waals surface area contributed by atoms with E-state index in [1.165, 1.54) is 0 Å². The van der Waals surface area contributed by atoms with Crippen LogP contribution >= 0.6 is 0 Å². The molecule has 23 heavy (non-hydrogen) atoms. The van der Waals surface area contributed by atoms with E-state index in [-0.39, 0.29) is 5.91 Å². The van der Waals surface area contributed by atoms with E-state index in [1.54, 1.807) is 6.20 Å². The van der Waals surface area contributed by atoms with Crippen molar-refractivity contribution in [1.82, 2.24) is 10.3 Å². The summed E-state index contributed by atoms with van der Waals surface area (Å²) in [5, 5.41) is 13.2. The lowest BCUT2D eigenvalue weighted by Crippen LogP contribution is -2.25. The Morgan fingerprint density at radius 2 is 2.04 bits per heavy atom. The molecule has 1 aromatic carbocycles. The molecule has 1 aliphatic rings. The lowest BCUT2D eigenvalue weighted by molar-refractivity contribution is -0.121. The molecule has 5 nitrogen and oxygen atoms in total. The molecule has 1 N–H and O–H groups in total. The van der Waals surface area contributed by atoms with Crippen LogP contribution in [0, 0.1) is 12.3 Å². The van der Waals surface area contributed by atoms with Crippen LogP contribution in [0.15, 0.2) is 46.8 Å². The number of amides is 1. The molecule has 1 amide bonds. The van der Waals surface area contributed by atoms with Crippen LogP contribution < -0.4 is 5.32 Å². The molecule has 2 heterocycles. The zero-order chi connectivity index (χ0) is 16.1. The number of aromatic nitrogens is 1. The minimum Gasteiger partial charge on any atom is -0.350 e. The second kappa shape index (κ2) is 6.57. The van der Waals surface area contributed by atoms with Crippen LogP contribution in [0.5, 0.6) is 0 Å². The Morgan fingerprint density at radius 3 is 2.83 bits per heavy atom. The highest BCUT2D eigenvalue weighted by Crippen LogP contribution is 2.37. The number of nitrogens with one attached hydrogen (secondary N) is 1. The maximum absolute atomic E-state index is 12.0. The van der Waals surface area contributed by atoms with E-state index in [2.05, 4.69) is 26.4 Å². The average Bonchev–Trinajstić information content (AvgIpc) is 3.36. The van der Waals surface area contributed by atoms with E-state index in [0.717, 1.165) is 22.9 Å². The highest BCUT2D eigenvalue weighted by Gasteiger charge is 2.39. The molecule has 2 aromatic rings. The van der Waals surface area contributed by atoms with E-state index in [1.807, 2.05) is 30.3 Å². The number of terminal acetylenes is 1. The van der Waals surface area contributed by atoms with Crippen LogP contribution in [-0.2, 0) is 11.3 Å². The topological polar surface area (TPSA) is 66.7 Å². The quantitative estimate of drug-likeness (QED) is 0.798. The van der Waals surface area contributed by atoms with Crippen LogP contribution in [0.4, 0.5) is 0 Å². The number of hydrogen-bond donors (Lipinski definition) is 1. The fourth-order valence-corrected chi connectivity index (χ4v) is 2.58. The molecule has 0 saturated carbocycles. The zero-order valence-corrected chi connectivity index (χ0v) is 12.8. The van der Waals surface area contributed by atoms with Gasteiger partial charge in [-0.05, 0) is 11.5 Å². The number of pyridine rings is 1. The lowest BCUT2D eigenvalue weighted by atomic mass is 10.0. The number of hydrogen-bond acceptors (Lipinski definition) is 4. The van der Waals surface area contributed by atoms with Gasteiger partial charge in [-0.25, -0.2) is 0 Å². The minimum atomic E-state index is -0.401. The Bertz CT molecular complexity index is 780. The molecule has 3 rings (SSSR count). The van der Waals surface area contributed by atoms with Gasteiger partial charge in [0.1, 0.15) is 0 Å². The molecule has 0 saturated heterocycles. The summed E-state index contributed by atoms with van der Waals surface area (Å²) in [6.07, 6.45) is 9.38. The predicted molar refractivity (Wildman–Crippen MR) is 88.5 cm³/mol. The van der Waals surface area contributed by atoms with E-state index < -0.39 is 5.66 Å². The monoisotopic (exact) mass is 306 g/mol. The average molecular weight is 306 g/mol. The lowest BCUT2D eigenvalue weighted by Gasteiger charge is -2.10. The number of carbonyl (C=O) groups excluding carboxylic acids is 1. The fraction of sp³-hybridized carbons (Fsp3) is 0.333. The van der Waals surface area contributed by atoms with Gasteiger partial charge in [0.25, 0.3) is 0 Å². The van der Waals surface area contributed by atoms with Crippen molar-refractivity contribution >= 4 is 16.7 Å². The van der Waals surface area contributed by atoms with Gasteiger partial charge in [0, 0.05) is 37.3 Å². The van der Waals surface area contributed by atoms with Gasteiger partial charge in [-0.1, -0.05) is 24.3 Å². The smallest absolute Gasteiger partial charge is 0.220 e. The van der Waals surface area contributed by atoms with Crippen LogP contribution in [0.2, 0.25) is 0 Å². The largest absolute Gasteiger partial charge is 0.350 e. The molecule has 116 valence electrons. The maximum Gasteiger partial charge on any atom is 0.220 e. The van der Waals surface area contributed by atoms with Crippen molar-refractivity contribution in [1.29, 1.82) is 0 Å². The first-order chi connectivity index (χ1) is 11.2. The van der Waals surface area contributed by atoms with Crippen LogP contribution in [0.3, 0.4) is 0 Å². The van der Waals surface area contributed by atoms with Crippen LogP contribution in [0.1, 0.15) is 31.4 Å². The first-order valence-corrected chi connectivity index (χ1v) is 7.69. The van der Waals surface area contributed by atoms with E-state index >= 15 is 0 Å². The van der Waals surface area contributed by atoms with Gasteiger partial charge >= 0.3 is 0 Å². The van der Waals surface area contributed by atoms with Crippen LogP contribution in [-0.4, -0.2) is 16.6 Å². The van der Waals surface area contributed by atoms with Crippen molar-refractivity contribution in [3.63, 3.8) is 0 Å². The van der Waals surface area contributed by atoms with Crippen LogP contribution in [0.25, 0.3) is 10.8 Å². The summed E-state index contributed by atoms with van der Waals surface area (Å²) >= 11 is 0. The molecule has 0 fully saturated rings. The number of nitrogens with zero attached hydrogens (tertiary/aromatic N) is 3. The molecule has 0 unspecified atom stereocenters. The normalized spacial score (nSPS) is 14.4. The Morgan fingerprint density at radius 1 is 1.22 bits per heavy atom. The highest BCUT2D eigenvalue weighted by atomic mass is 16.1. The second-order valence-corrected chi connectivity index (χ2v) is 5.64. The maximum atomic E-state index is 12.0. The van der Waals surface area contributed by atoms with Crippen molar-refractivity contribution < 1.29 is 4.79 Å². The molecule has 0 spiro atoms. The third-order valence-electron chi connectivity index (χ3n) is 4.01. The van der Waals surface area contributed by atoms with Gasteiger partial charge < -0.3 is 5.32 Å². The van der Waals surface area contributed by atoms with Gasteiger partial charge in [0.05, 0.1) is 12.2 Å². The predicted octanol–water partition coefficient (Wildman–Crippen LogP) is 3.21. The van der Waals surface area contributed by atoms with Crippen molar-refractivity contribution in [2.75, 3.05) is 0 Å². The molecule has 0 radical (unpaired) electrons. The number of benzene rings is 1. The molecular formula is C18H18N4O. The third kappa shape index (κ3) is 3.72.